The van der Waals surface area contributed by atoms with Gasteiger partial charge in [-0.05, 0) is 23.6 Å². The van der Waals surface area contributed by atoms with E-state index in [0.29, 0.717) is 36.5 Å². The lowest BCUT2D eigenvalue weighted by atomic mass is 10.1. The molecule has 1 amide bonds. The number of aromatic nitrogens is 3. The van der Waals surface area contributed by atoms with Crippen molar-refractivity contribution in [2.45, 2.75) is 33.4 Å². The van der Waals surface area contributed by atoms with Gasteiger partial charge in [-0.15, -0.1) is 0 Å². The van der Waals surface area contributed by atoms with Crippen LogP contribution in [0.2, 0.25) is 0 Å². The standard InChI is InChI=1S/C20H22N4O2/c1-14(2)10-19(25)22-12-18-16-7-3-4-8-17(16)20(26)24(23-18)13-15-6-5-9-21-11-15/h3-9,11,14H,10,12-13H2,1-2H3,(H,22,25). The molecule has 1 aromatic carbocycles. The number of carbonyl (C=O) groups excluding carboxylic acids is 1. The van der Waals surface area contributed by atoms with Gasteiger partial charge >= 0.3 is 0 Å². The molecule has 2 heterocycles. The Labute approximate surface area is 151 Å². The lowest BCUT2D eigenvalue weighted by molar-refractivity contribution is -0.121. The summed E-state index contributed by atoms with van der Waals surface area (Å²) in [4.78, 5) is 28.8. The molecule has 6 nitrogen and oxygen atoms in total. The second kappa shape index (κ2) is 7.91. The summed E-state index contributed by atoms with van der Waals surface area (Å²) in [6, 6.07) is 11.1. The molecule has 3 rings (SSSR count). The molecular formula is C20H22N4O2. The van der Waals surface area contributed by atoms with Crippen LogP contribution in [-0.4, -0.2) is 20.7 Å². The first-order valence-corrected chi connectivity index (χ1v) is 8.69. The van der Waals surface area contributed by atoms with Crippen LogP contribution in [0.15, 0.2) is 53.6 Å². The molecule has 134 valence electrons. The van der Waals surface area contributed by atoms with Crippen LogP contribution in [0.25, 0.3) is 10.8 Å². The van der Waals surface area contributed by atoms with Crippen molar-refractivity contribution in [2.24, 2.45) is 5.92 Å². The second-order valence-electron chi connectivity index (χ2n) is 6.69. The zero-order valence-corrected chi connectivity index (χ0v) is 15.0. The van der Waals surface area contributed by atoms with Gasteiger partial charge in [-0.2, -0.15) is 5.10 Å². The summed E-state index contributed by atoms with van der Waals surface area (Å²) in [5.74, 6) is 0.273. The van der Waals surface area contributed by atoms with E-state index in [1.165, 1.54) is 4.68 Å². The van der Waals surface area contributed by atoms with Gasteiger partial charge in [0.15, 0.2) is 0 Å². The summed E-state index contributed by atoms with van der Waals surface area (Å²) < 4.78 is 1.43. The van der Waals surface area contributed by atoms with Gasteiger partial charge in [-0.1, -0.05) is 38.1 Å². The SMILES string of the molecule is CC(C)CC(=O)NCc1nn(Cc2cccnc2)c(=O)c2ccccc12. The summed E-state index contributed by atoms with van der Waals surface area (Å²) in [7, 11) is 0. The lowest BCUT2D eigenvalue weighted by Gasteiger charge is -2.12. The Morgan fingerprint density at radius 3 is 2.62 bits per heavy atom. The maximum Gasteiger partial charge on any atom is 0.274 e. The summed E-state index contributed by atoms with van der Waals surface area (Å²) >= 11 is 0. The van der Waals surface area contributed by atoms with Gasteiger partial charge in [0.1, 0.15) is 0 Å². The third-order valence-corrected chi connectivity index (χ3v) is 4.05. The molecule has 0 unspecified atom stereocenters. The van der Waals surface area contributed by atoms with Crippen molar-refractivity contribution >= 4 is 16.7 Å². The molecule has 1 N–H and O–H groups in total. The van der Waals surface area contributed by atoms with E-state index in [1.54, 1.807) is 18.5 Å². The van der Waals surface area contributed by atoms with Crippen LogP contribution < -0.4 is 10.9 Å². The molecule has 0 bridgehead atoms. The van der Waals surface area contributed by atoms with Crippen LogP contribution in [0.1, 0.15) is 31.5 Å². The van der Waals surface area contributed by atoms with Gasteiger partial charge < -0.3 is 5.32 Å². The van der Waals surface area contributed by atoms with Gasteiger partial charge in [0.25, 0.3) is 5.56 Å². The quantitative estimate of drug-likeness (QED) is 0.741. The van der Waals surface area contributed by atoms with Crippen LogP contribution in [0.4, 0.5) is 0 Å². The molecule has 0 radical (unpaired) electrons. The van der Waals surface area contributed by atoms with Gasteiger partial charge in [0, 0.05) is 24.2 Å². The lowest BCUT2D eigenvalue weighted by Crippen LogP contribution is -2.29. The van der Waals surface area contributed by atoms with E-state index >= 15 is 0 Å². The first-order valence-electron chi connectivity index (χ1n) is 8.69. The van der Waals surface area contributed by atoms with Crippen molar-refractivity contribution in [3.63, 3.8) is 0 Å². The normalized spacial score (nSPS) is 11.0. The highest BCUT2D eigenvalue weighted by molar-refractivity contribution is 5.84. The van der Waals surface area contributed by atoms with Crippen molar-refractivity contribution in [3.05, 3.63) is 70.4 Å². The average Bonchev–Trinajstić information content (AvgIpc) is 2.63. The fraction of sp³-hybridized carbons (Fsp3) is 0.300. The number of nitrogens with one attached hydrogen (secondary N) is 1. The Morgan fingerprint density at radius 2 is 1.92 bits per heavy atom. The number of fused-ring (bicyclic) bond motifs is 1. The molecule has 3 aromatic rings. The van der Waals surface area contributed by atoms with Crippen LogP contribution in [0, 0.1) is 5.92 Å². The molecule has 0 aliphatic carbocycles. The van der Waals surface area contributed by atoms with Crippen molar-refractivity contribution in [3.8, 4) is 0 Å². The zero-order chi connectivity index (χ0) is 18.5. The minimum absolute atomic E-state index is 0.0177. The van der Waals surface area contributed by atoms with Crippen LogP contribution in [0.5, 0.6) is 0 Å². The molecule has 0 spiro atoms. The molecule has 2 aromatic heterocycles. The molecule has 0 saturated heterocycles. The van der Waals surface area contributed by atoms with Crippen LogP contribution in [-0.2, 0) is 17.9 Å². The van der Waals surface area contributed by atoms with E-state index in [2.05, 4.69) is 15.4 Å². The van der Waals surface area contributed by atoms with E-state index in [9.17, 15) is 9.59 Å². The van der Waals surface area contributed by atoms with Gasteiger partial charge in [0.2, 0.25) is 5.91 Å². The highest BCUT2D eigenvalue weighted by Gasteiger charge is 2.12. The maximum atomic E-state index is 12.8. The molecule has 0 saturated carbocycles. The maximum absolute atomic E-state index is 12.8. The summed E-state index contributed by atoms with van der Waals surface area (Å²) in [5.41, 5.74) is 1.43. The molecule has 0 fully saturated rings. The molecular weight excluding hydrogens is 328 g/mol. The summed E-state index contributed by atoms with van der Waals surface area (Å²) in [5, 5.41) is 8.78. The van der Waals surface area contributed by atoms with E-state index in [4.69, 9.17) is 0 Å². The second-order valence-corrected chi connectivity index (χ2v) is 6.69. The van der Waals surface area contributed by atoms with Crippen molar-refractivity contribution in [1.82, 2.24) is 20.1 Å². The molecule has 26 heavy (non-hydrogen) atoms. The van der Waals surface area contributed by atoms with Gasteiger partial charge in [-0.3, -0.25) is 14.6 Å². The number of rotatable bonds is 6. The molecule has 0 aliphatic heterocycles. The Kier molecular flexibility index (Phi) is 5.41. The number of hydrogen-bond acceptors (Lipinski definition) is 4. The summed E-state index contributed by atoms with van der Waals surface area (Å²) in [6.45, 7) is 4.63. The summed E-state index contributed by atoms with van der Waals surface area (Å²) in [6.07, 6.45) is 3.87. The fourth-order valence-corrected chi connectivity index (χ4v) is 2.83. The van der Waals surface area contributed by atoms with E-state index in [-0.39, 0.29) is 11.5 Å². The van der Waals surface area contributed by atoms with Crippen molar-refractivity contribution in [2.75, 3.05) is 0 Å². The van der Waals surface area contributed by atoms with Crippen molar-refractivity contribution in [1.29, 1.82) is 0 Å². The third kappa shape index (κ3) is 4.14. The smallest absolute Gasteiger partial charge is 0.274 e. The fourth-order valence-electron chi connectivity index (χ4n) is 2.83. The van der Waals surface area contributed by atoms with Crippen LogP contribution >= 0.6 is 0 Å². The predicted molar refractivity (Wildman–Crippen MR) is 101 cm³/mol. The number of hydrogen-bond donors (Lipinski definition) is 1. The average molecular weight is 350 g/mol. The minimum Gasteiger partial charge on any atom is -0.350 e. The van der Waals surface area contributed by atoms with Gasteiger partial charge in [-0.25, -0.2) is 4.68 Å². The first kappa shape index (κ1) is 17.8. The zero-order valence-electron chi connectivity index (χ0n) is 15.0. The molecule has 0 aliphatic rings. The number of amides is 1. The van der Waals surface area contributed by atoms with Gasteiger partial charge in [0.05, 0.1) is 24.2 Å². The Morgan fingerprint density at radius 1 is 1.15 bits per heavy atom. The minimum atomic E-state index is -0.151. The first-order chi connectivity index (χ1) is 12.5. The number of pyridine rings is 1. The van der Waals surface area contributed by atoms with E-state index < -0.39 is 0 Å². The number of benzene rings is 1. The third-order valence-electron chi connectivity index (χ3n) is 4.05. The topological polar surface area (TPSA) is 76.9 Å². The monoisotopic (exact) mass is 350 g/mol. The predicted octanol–water partition coefficient (Wildman–Crippen LogP) is 2.50. The Hall–Kier alpha value is -3.02. The van der Waals surface area contributed by atoms with Crippen molar-refractivity contribution < 1.29 is 4.79 Å². The number of carbonyl (C=O) groups is 1. The highest BCUT2D eigenvalue weighted by atomic mass is 16.1. The van der Waals surface area contributed by atoms with Crippen LogP contribution in [0.3, 0.4) is 0 Å². The Balaban J connectivity index is 1.95. The molecule has 0 atom stereocenters. The highest BCUT2D eigenvalue weighted by Crippen LogP contribution is 2.14. The largest absolute Gasteiger partial charge is 0.350 e. The van der Waals surface area contributed by atoms with E-state index in [0.717, 1.165) is 10.9 Å². The number of nitrogens with zero attached hydrogens (tertiary/aromatic N) is 3. The molecule has 6 heteroatoms. The van der Waals surface area contributed by atoms with E-state index in [1.807, 2.05) is 44.2 Å². The Bertz CT molecular complexity index is 964.